The second-order valence-electron chi connectivity index (χ2n) is 4.30. The Balaban J connectivity index is 2.41. The van der Waals surface area contributed by atoms with Crippen LogP contribution in [0.1, 0.15) is 25.6 Å². The van der Waals surface area contributed by atoms with E-state index < -0.39 is 0 Å². The number of fused-ring (bicyclic) bond motifs is 2. The number of aromatic nitrogens is 6. The Morgan fingerprint density at radius 2 is 2.26 bits per heavy atom. The van der Waals surface area contributed by atoms with Crippen LogP contribution < -0.4 is 5.56 Å². The Labute approximate surface area is 113 Å². The van der Waals surface area contributed by atoms with Crippen molar-refractivity contribution < 1.29 is 0 Å². The molecule has 0 saturated carbocycles. The number of hydrogen-bond donors (Lipinski definition) is 1. The number of rotatable bonds is 4. The summed E-state index contributed by atoms with van der Waals surface area (Å²) >= 11 is 5.80. The molecule has 0 aliphatic carbocycles. The van der Waals surface area contributed by atoms with Crippen LogP contribution in [0.5, 0.6) is 0 Å². The minimum atomic E-state index is -0.212. The van der Waals surface area contributed by atoms with Gasteiger partial charge in [-0.15, -0.1) is 21.8 Å². The lowest BCUT2D eigenvalue weighted by atomic mass is 10.3. The minimum Gasteiger partial charge on any atom is -0.339 e. The fourth-order valence-corrected chi connectivity index (χ4v) is 2.33. The lowest BCUT2D eigenvalue weighted by Gasteiger charge is -2.08. The molecular weight excluding hydrogens is 268 g/mol. The average molecular weight is 281 g/mol. The van der Waals surface area contributed by atoms with Gasteiger partial charge in [-0.25, -0.2) is 9.38 Å². The summed E-state index contributed by atoms with van der Waals surface area (Å²) in [6, 6.07) is 0. The molecule has 0 fully saturated rings. The van der Waals surface area contributed by atoms with Gasteiger partial charge in [-0.2, -0.15) is 0 Å². The first kappa shape index (κ1) is 12.2. The maximum absolute atomic E-state index is 12.4. The van der Waals surface area contributed by atoms with Gasteiger partial charge >= 0.3 is 0 Å². The predicted molar refractivity (Wildman–Crippen MR) is 71.4 cm³/mol. The van der Waals surface area contributed by atoms with Gasteiger partial charge in [0.1, 0.15) is 5.52 Å². The molecule has 0 aromatic carbocycles. The molecule has 0 radical (unpaired) electrons. The van der Waals surface area contributed by atoms with Gasteiger partial charge in [0.2, 0.25) is 5.78 Å². The highest BCUT2D eigenvalue weighted by molar-refractivity contribution is 6.16. The summed E-state index contributed by atoms with van der Waals surface area (Å²) in [7, 11) is 0. The third-order valence-corrected chi connectivity index (χ3v) is 3.34. The molecule has 8 heteroatoms. The highest BCUT2D eigenvalue weighted by atomic mass is 35.5. The fraction of sp³-hybridized carbons (Fsp3) is 0.455. The number of halogens is 1. The first-order chi connectivity index (χ1) is 9.27. The van der Waals surface area contributed by atoms with E-state index in [1.54, 1.807) is 0 Å². The number of aryl methyl sites for hydroxylation is 1. The van der Waals surface area contributed by atoms with Crippen molar-refractivity contribution in [1.29, 1.82) is 0 Å². The van der Waals surface area contributed by atoms with Crippen LogP contribution in [0.15, 0.2) is 11.1 Å². The Kier molecular flexibility index (Phi) is 2.98. The van der Waals surface area contributed by atoms with Gasteiger partial charge in [0, 0.05) is 6.54 Å². The maximum atomic E-state index is 12.4. The van der Waals surface area contributed by atoms with Gasteiger partial charge in [0.05, 0.1) is 12.2 Å². The van der Waals surface area contributed by atoms with E-state index in [-0.39, 0.29) is 11.4 Å². The maximum Gasteiger partial charge on any atom is 0.286 e. The van der Waals surface area contributed by atoms with E-state index in [4.69, 9.17) is 11.6 Å². The van der Waals surface area contributed by atoms with Gasteiger partial charge in [-0.3, -0.25) is 9.36 Å². The van der Waals surface area contributed by atoms with Crippen molar-refractivity contribution in [2.45, 2.75) is 32.2 Å². The molecule has 0 amide bonds. The van der Waals surface area contributed by atoms with E-state index >= 15 is 0 Å². The fourth-order valence-electron chi connectivity index (χ4n) is 2.15. The van der Waals surface area contributed by atoms with E-state index in [1.165, 1.54) is 10.7 Å². The lowest BCUT2D eigenvalue weighted by molar-refractivity contribution is 0.643. The van der Waals surface area contributed by atoms with E-state index in [0.29, 0.717) is 22.8 Å². The molecule has 3 rings (SSSR count). The number of alkyl halides is 1. The van der Waals surface area contributed by atoms with E-state index in [0.717, 1.165) is 19.4 Å². The first-order valence-electron chi connectivity index (χ1n) is 6.13. The quantitative estimate of drug-likeness (QED) is 0.731. The van der Waals surface area contributed by atoms with Crippen LogP contribution in [0.3, 0.4) is 0 Å². The Hall–Kier alpha value is -1.89. The minimum absolute atomic E-state index is 0.143. The first-order valence-corrected chi connectivity index (χ1v) is 6.67. The molecule has 1 N–H and O–H groups in total. The van der Waals surface area contributed by atoms with Crippen LogP contribution in [0, 0.1) is 0 Å². The summed E-state index contributed by atoms with van der Waals surface area (Å²) in [5.74, 6) is 1.08. The van der Waals surface area contributed by atoms with Crippen molar-refractivity contribution >= 4 is 28.5 Å². The summed E-state index contributed by atoms with van der Waals surface area (Å²) in [6.07, 6.45) is 3.53. The molecule has 3 aromatic heterocycles. The molecule has 19 heavy (non-hydrogen) atoms. The predicted octanol–water partition coefficient (Wildman–Crippen LogP) is 1.31. The smallest absolute Gasteiger partial charge is 0.286 e. The standard InChI is InChI=1S/C11H13ClN6O/c1-2-3-4-17-9-8(13-6-14-9)10(19)18-7(5-12)15-16-11(17)18/h6H,2-5H2,1H3,(H,13,14). The van der Waals surface area contributed by atoms with E-state index in [1.807, 2.05) is 4.57 Å². The zero-order valence-electron chi connectivity index (χ0n) is 10.4. The van der Waals surface area contributed by atoms with Crippen LogP contribution in [0.2, 0.25) is 0 Å². The van der Waals surface area contributed by atoms with Crippen LogP contribution in [-0.2, 0) is 12.4 Å². The van der Waals surface area contributed by atoms with Gasteiger partial charge in [0.15, 0.2) is 11.5 Å². The van der Waals surface area contributed by atoms with Crippen LogP contribution in [0.4, 0.5) is 0 Å². The molecule has 0 atom stereocenters. The summed E-state index contributed by atoms with van der Waals surface area (Å²) in [6.45, 7) is 2.84. The molecule has 100 valence electrons. The third kappa shape index (κ3) is 1.73. The number of hydrogen-bond acceptors (Lipinski definition) is 4. The highest BCUT2D eigenvalue weighted by Gasteiger charge is 2.17. The number of nitrogens with one attached hydrogen (secondary N) is 1. The normalized spacial score (nSPS) is 11.7. The van der Waals surface area contributed by atoms with Gasteiger partial charge in [-0.05, 0) is 6.42 Å². The number of H-pyrrole nitrogens is 1. The molecule has 0 bridgehead atoms. The van der Waals surface area contributed by atoms with Crippen LogP contribution in [0.25, 0.3) is 16.9 Å². The molecule has 0 saturated heterocycles. The number of aromatic amines is 1. The largest absolute Gasteiger partial charge is 0.339 e. The molecule has 0 aliphatic heterocycles. The van der Waals surface area contributed by atoms with Crippen molar-refractivity contribution in [3.8, 4) is 0 Å². The Morgan fingerprint density at radius 3 is 3.00 bits per heavy atom. The SMILES string of the molecule is CCCCn1c2nc[nH]c2c(=O)n2c(CCl)nnc12. The van der Waals surface area contributed by atoms with Crippen LogP contribution >= 0.6 is 11.6 Å². The van der Waals surface area contributed by atoms with Gasteiger partial charge in [0.25, 0.3) is 5.56 Å². The summed E-state index contributed by atoms with van der Waals surface area (Å²) in [4.78, 5) is 19.4. The molecule has 3 heterocycles. The second-order valence-corrected chi connectivity index (χ2v) is 4.56. The zero-order valence-corrected chi connectivity index (χ0v) is 11.2. The second kappa shape index (κ2) is 4.65. The Bertz CT molecular complexity index is 786. The molecule has 7 nitrogen and oxygen atoms in total. The summed E-state index contributed by atoms with van der Waals surface area (Å²) in [5, 5.41) is 8.04. The third-order valence-electron chi connectivity index (χ3n) is 3.10. The molecule has 0 aliphatic rings. The van der Waals surface area contributed by atoms with Crippen molar-refractivity contribution in [3.63, 3.8) is 0 Å². The van der Waals surface area contributed by atoms with Gasteiger partial charge in [-0.1, -0.05) is 13.3 Å². The zero-order chi connectivity index (χ0) is 13.4. The molecule has 0 unspecified atom stereocenters. The number of unbranched alkanes of at least 4 members (excludes halogenated alkanes) is 1. The van der Waals surface area contributed by atoms with Crippen molar-refractivity contribution in [3.05, 3.63) is 22.5 Å². The van der Waals surface area contributed by atoms with Crippen molar-refractivity contribution in [2.75, 3.05) is 0 Å². The van der Waals surface area contributed by atoms with Gasteiger partial charge < -0.3 is 4.98 Å². The van der Waals surface area contributed by atoms with E-state index in [2.05, 4.69) is 27.1 Å². The lowest BCUT2D eigenvalue weighted by Crippen LogP contribution is -2.20. The van der Waals surface area contributed by atoms with E-state index in [9.17, 15) is 4.79 Å². The molecule has 0 spiro atoms. The van der Waals surface area contributed by atoms with Crippen LogP contribution in [-0.4, -0.2) is 29.1 Å². The molecule has 3 aromatic rings. The summed E-state index contributed by atoms with van der Waals surface area (Å²) in [5.41, 5.74) is 0.852. The Morgan fingerprint density at radius 1 is 1.42 bits per heavy atom. The van der Waals surface area contributed by atoms with Crippen molar-refractivity contribution in [1.82, 2.24) is 29.1 Å². The summed E-state index contributed by atoms with van der Waals surface area (Å²) < 4.78 is 3.35. The van der Waals surface area contributed by atoms with Crippen molar-refractivity contribution in [2.24, 2.45) is 0 Å². The highest BCUT2D eigenvalue weighted by Crippen LogP contribution is 2.12. The number of imidazole rings is 1. The molecular formula is C11H13ClN6O. The average Bonchev–Trinajstić information content (AvgIpc) is 3.05. The number of nitrogens with zero attached hydrogens (tertiary/aromatic N) is 5. The monoisotopic (exact) mass is 280 g/mol. The topological polar surface area (TPSA) is 80.9 Å².